The molecule has 0 bridgehead atoms. The van der Waals surface area contributed by atoms with Gasteiger partial charge in [0.05, 0.1) is 25.3 Å². The van der Waals surface area contributed by atoms with E-state index in [1.54, 1.807) is 6.07 Å². The van der Waals surface area contributed by atoms with Gasteiger partial charge in [-0.05, 0) is 12.1 Å². The molecule has 16 heavy (non-hydrogen) atoms. The van der Waals surface area contributed by atoms with Crippen LogP contribution in [0.4, 0.5) is 0 Å². The average molecular weight is 284 g/mol. The van der Waals surface area contributed by atoms with E-state index in [4.69, 9.17) is 10.00 Å². The number of hydrogen-bond donors (Lipinski definition) is 0. The highest BCUT2D eigenvalue weighted by molar-refractivity contribution is 9.08. The van der Waals surface area contributed by atoms with E-state index < -0.39 is 5.97 Å². The van der Waals surface area contributed by atoms with Gasteiger partial charge in [-0.1, -0.05) is 15.9 Å². The van der Waals surface area contributed by atoms with Crippen LogP contribution in [0, 0.1) is 11.3 Å². The molecule has 0 unspecified atom stereocenters. The van der Waals surface area contributed by atoms with Gasteiger partial charge in [-0.25, -0.2) is 4.79 Å². The van der Waals surface area contributed by atoms with E-state index in [1.165, 1.54) is 20.3 Å². The Kier molecular flexibility index (Phi) is 4.32. The third-order valence-electron chi connectivity index (χ3n) is 2.12. The molecule has 1 aromatic rings. The Morgan fingerprint density at radius 1 is 1.50 bits per heavy atom. The molecule has 0 heterocycles. The summed E-state index contributed by atoms with van der Waals surface area (Å²) < 4.78 is 9.79. The fourth-order valence-corrected chi connectivity index (χ4v) is 1.94. The molecule has 0 amide bonds. The van der Waals surface area contributed by atoms with Crippen molar-refractivity contribution in [1.29, 1.82) is 5.26 Å². The van der Waals surface area contributed by atoms with E-state index in [0.29, 0.717) is 27.8 Å². The minimum atomic E-state index is -0.447. The van der Waals surface area contributed by atoms with Crippen molar-refractivity contribution < 1.29 is 14.3 Å². The molecule has 0 spiro atoms. The Hall–Kier alpha value is -1.54. The topological polar surface area (TPSA) is 59.3 Å². The first-order valence-corrected chi connectivity index (χ1v) is 5.56. The standard InChI is InChI=1S/C11H10BrNO3/c1-15-10-7(6-13)3-4-8(9(10)5-12)11(14)16-2/h3-4H,5H2,1-2H3. The number of rotatable bonds is 3. The monoisotopic (exact) mass is 283 g/mol. The van der Waals surface area contributed by atoms with E-state index in [1.807, 2.05) is 6.07 Å². The maximum Gasteiger partial charge on any atom is 0.338 e. The Morgan fingerprint density at radius 3 is 2.62 bits per heavy atom. The minimum absolute atomic E-state index is 0.393. The Balaban J connectivity index is 3.44. The molecule has 0 radical (unpaired) electrons. The number of halogens is 1. The molecule has 1 aromatic carbocycles. The number of methoxy groups -OCH3 is 2. The number of carbonyl (C=O) groups excluding carboxylic acids is 1. The summed E-state index contributed by atoms with van der Waals surface area (Å²) in [5, 5.41) is 9.31. The fourth-order valence-electron chi connectivity index (χ4n) is 1.38. The molecule has 0 aromatic heterocycles. The molecule has 0 aliphatic rings. The van der Waals surface area contributed by atoms with Crippen molar-refractivity contribution >= 4 is 21.9 Å². The van der Waals surface area contributed by atoms with Gasteiger partial charge in [-0.15, -0.1) is 0 Å². The van der Waals surface area contributed by atoms with E-state index in [0.717, 1.165) is 0 Å². The third-order valence-corrected chi connectivity index (χ3v) is 2.68. The Labute approximate surface area is 102 Å². The van der Waals surface area contributed by atoms with Crippen LogP contribution in [0.1, 0.15) is 21.5 Å². The number of benzene rings is 1. The molecule has 5 heteroatoms. The maximum atomic E-state index is 11.5. The van der Waals surface area contributed by atoms with Crippen LogP contribution in [0.15, 0.2) is 12.1 Å². The summed E-state index contributed by atoms with van der Waals surface area (Å²) in [4.78, 5) is 11.5. The fraction of sp³-hybridized carbons (Fsp3) is 0.273. The largest absolute Gasteiger partial charge is 0.495 e. The summed E-state index contributed by atoms with van der Waals surface area (Å²) in [6.45, 7) is 0. The summed E-state index contributed by atoms with van der Waals surface area (Å²) in [6, 6.07) is 5.11. The molecule has 0 atom stereocenters. The quantitative estimate of drug-likeness (QED) is 0.631. The number of nitriles is 1. The highest BCUT2D eigenvalue weighted by atomic mass is 79.9. The lowest BCUT2D eigenvalue weighted by Crippen LogP contribution is -2.07. The normalized spacial score (nSPS) is 9.38. The predicted octanol–water partition coefficient (Wildman–Crippen LogP) is 2.25. The predicted molar refractivity (Wildman–Crippen MR) is 61.7 cm³/mol. The molecule has 84 valence electrons. The first kappa shape index (κ1) is 12.5. The molecule has 0 fully saturated rings. The highest BCUT2D eigenvalue weighted by Gasteiger charge is 2.18. The van der Waals surface area contributed by atoms with Crippen LogP contribution in [-0.4, -0.2) is 20.2 Å². The van der Waals surface area contributed by atoms with Crippen LogP contribution in [0.2, 0.25) is 0 Å². The molecule has 0 N–H and O–H groups in total. The molecular weight excluding hydrogens is 274 g/mol. The van der Waals surface area contributed by atoms with Gasteiger partial charge < -0.3 is 9.47 Å². The van der Waals surface area contributed by atoms with Crippen molar-refractivity contribution in [3.63, 3.8) is 0 Å². The molecule has 4 nitrogen and oxygen atoms in total. The Bertz CT molecular complexity index is 451. The second kappa shape index (κ2) is 5.52. The number of hydrogen-bond acceptors (Lipinski definition) is 4. The molecular formula is C11H10BrNO3. The molecule has 0 aliphatic heterocycles. The van der Waals surface area contributed by atoms with Crippen molar-refractivity contribution in [2.24, 2.45) is 0 Å². The molecule has 0 aliphatic carbocycles. The summed E-state index contributed by atoms with van der Waals surface area (Å²) in [7, 11) is 2.77. The van der Waals surface area contributed by atoms with Crippen molar-refractivity contribution in [3.8, 4) is 11.8 Å². The van der Waals surface area contributed by atoms with Crippen molar-refractivity contribution in [3.05, 3.63) is 28.8 Å². The number of esters is 1. The number of ether oxygens (including phenoxy) is 2. The number of carbonyl (C=O) groups is 1. The zero-order chi connectivity index (χ0) is 12.1. The lowest BCUT2D eigenvalue weighted by atomic mass is 10.0. The van der Waals surface area contributed by atoms with Crippen molar-refractivity contribution in [1.82, 2.24) is 0 Å². The molecule has 1 rings (SSSR count). The minimum Gasteiger partial charge on any atom is -0.495 e. The van der Waals surface area contributed by atoms with Gasteiger partial charge in [0.2, 0.25) is 0 Å². The van der Waals surface area contributed by atoms with Gasteiger partial charge in [0.15, 0.2) is 0 Å². The summed E-state index contributed by atoms with van der Waals surface area (Å²) in [5.74, 6) is -0.0421. The molecule has 0 saturated heterocycles. The van der Waals surface area contributed by atoms with Gasteiger partial charge in [-0.3, -0.25) is 0 Å². The molecule has 0 saturated carbocycles. The summed E-state index contributed by atoms with van der Waals surface area (Å²) in [5.41, 5.74) is 1.41. The lowest BCUT2D eigenvalue weighted by molar-refractivity contribution is 0.0599. The number of alkyl halides is 1. The van der Waals surface area contributed by atoms with Gasteiger partial charge in [0, 0.05) is 10.9 Å². The summed E-state index contributed by atoms with van der Waals surface area (Å²) in [6.07, 6.45) is 0. The van der Waals surface area contributed by atoms with Gasteiger partial charge in [0.1, 0.15) is 11.8 Å². The van der Waals surface area contributed by atoms with Crippen LogP contribution in [0.3, 0.4) is 0 Å². The van der Waals surface area contributed by atoms with Crippen LogP contribution < -0.4 is 4.74 Å². The second-order valence-corrected chi connectivity index (χ2v) is 3.47. The lowest BCUT2D eigenvalue weighted by Gasteiger charge is -2.11. The van der Waals surface area contributed by atoms with Gasteiger partial charge in [0.25, 0.3) is 0 Å². The Morgan fingerprint density at radius 2 is 2.19 bits per heavy atom. The van der Waals surface area contributed by atoms with Crippen LogP contribution in [0.25, 0.3) is 0 Å². The van der Waals surface area contributed by atoms with Crippen molar-refractivity contribution in [2.75, 3.05) is 14.2 Å². The highest BCUT2D eigenvalue weighted by Crippen LogP contribution is 2.29. The smallest absolute Gasteiger partial charge is 0.338 e. The van der Waals surface area contributed by atoms with Crippen LogP contribution >= 0.6 is 15.9 Å². The summed E-state index contributed by atoms with van der Waals surface area (Å²) >= 11 is 3.26. The zero-order valence-electron chi connectivity index (χ0n) is 8.91. The van der Waals surface area contributed by atoms with Gasteiger partial charge >= 0.3 is 5.97 Å². The van der Waals surface area contributed by atoms with Gasteiger partial charge in [-0.2, -0.15) is 5.26 Å². The van der Waals surface area contributed by atoms with E-state index in [-0.39, 0.29) is 0 Å². The van der Waals surface area contributed by atoms with Crippen LogP contribution in [0.5, 0.6) is 5.75 Å². The average Bonchev–Trinajstić information content (AvgIpc) is 2.35. The van der Waals surface area contributed by atoms with Crippen molar-refractivity contribution in [2.45, 2.75) is 5.33 Å². The van der Waals surface area contributed by atoms with E-state index in [2.05, 4.69) is 20.7 Å². The SMILES string of the molecule is COC(=O)c1ccc(C#N)c(OC)c1CBr. The number of nitrogens with zero attached hydrogens (tertiary/aromatic N) is 1. The third kappa shape index (κ3) is 2.17. The van der Waals surface area contributed by atoms with Crippen LogP contribution in [-0.2, 0) is 10.1 Å². The van der Waals surface area contributed by atoms with E-state index in [9.17, 15) is 4.79 Å². The first-order chi connectivity index (χ1) is 7.69. The van der Waals surface area contributed by atoms with E-state index >= 15 is 0 Å². The first-order valence-electron chi connectivity index (χ1n) is 4.43. The zero-order valence-corrected chi connectivity index (χ0v) is 10.5. The second-order valence-electron chi connectivity index (χ2n) is 2.91. The maximum absolute atomic E-state index is 11.5.